The fourth-order valence-electron chi connectivity index (χ4n) is 3.90. The van der Waals surface area contributed by atoms with Gasteiger partial charge in [-0.15, -0.1) is 0 Å². The zero-order valence-electron chi connectivity index (χ0n) is 12.6. The number of hydrogen-bond acceptors (Lipinski definition) is 4. The SMILES string of the molecule is Cc1cc2c(N3CCC(C4CCCN4)CC3)nccn2n1. The monoisotopic (exact) mass is 285 g/mol. The first-order valence-corrected chi connectivity index (χ1v) is 8.10. The van der Waals surface area contributed by atoms with Crippen molar-refractivity contribution in [1.29, 1.82) is 0 Å². The zero-order chi connectivity index (χ0) is 14.2. The largest absolute Gasteiger partial charge is 0.355 e. The predicted octanol–water partition coefficient (Wildman–Crippen LogP) is 2.01. The molecular formula is C16H23N5. The van der Waals surface area contributed by atoms with Gasteiger partial charge in [0.25, 0.3) is 0 Å². The van der Waals surface area contributed by atoms with Crippen molar-refractivity contribution in [3.63, 3.8) is 0 Å². The highest BCUT2D eigenvalue weighted by molar-refractivity contribution is 5.69. The quantitative estimate of drug-likeness (QED) is 0.917. The van der Waals surface area contributed by atoms with Crippen LogP contribution in [-0.2, 0) is 0 Å². The number of hydrogen-bond donors (Lipinski definition) is 1. The van der Waals surface area contributed by atoms with Gasteiger partial charge in [-0.05, 0) is 51.1 Å². The predicted molar refractivity (Wildman–Crippen MR) is 83.7 cm³/mol. The first-order valence-electron chi connectivity index (χ1n) is 8.10. The molecule has 2 saturated heterocycles. The molecule has 5 nitrogen and oxygen atoms in total. The van der Waals surface area contributed by atoms with Crippen LogP contribution >= 0.6 is 0 Å². The van der Waals surface area contributed by atoms with Crippen LogP contribution in [0.5, 0.6) is 0 Å². The molecule has 21 heavy (non-hydrogen) atoms. The molecule has 1 atom stereocenters. The van der Waals surface area contributed by atoms with E-state index in [0.29, 0.717) is 0 Å². The lowest BCUT2D eigenvalue weighted by atomic mass is 9.88. The lowest BCUT2D eigenvalue weighted by Crippen LogP contribution is -2.41. The maximum absolute atomic E-state index is 4.62. The molecule has 0 amide bonds. The molecule has 4 rings (SSSR count). The molecule has 5 heteroatoms. The fourth-order valence-corrected chi connectivity index (χ4v) is 3.90. The van der Waals surface area contributed by atoms with Crippen molar-refractivity contribution in [3.05, 3.63) is 24.2 Å². The average Bonchev–Trinajstić information content (AvgIpc) is 3.15. The third-order valence-electron chi connectivity index (χ3n) is 5.00. The van der Waals surface area contributed by atoms with Gasteiger partial charge in [0, 0.05) is 31.5 Å². The molecule has 0 bridgehead atoms. The Morgan fingerprint density at radius 2 is 2.10 bits per heavy atom. The van der Waals surface area contributed by atoms with Crippen molar-refractivity contribution < 1.29 is 0 Å². The van der Waals surface area contributed by atoms with Crippen LogP contribution in [-0.4, -0.2) is 40.3 Å². The Morgan fingerprint density at radius 1 is 1.24 bits per heavy atom. The molecule has 4 heterocycles. The summed E-state index contributed by atoms with van der Waals surface area (Å²) in [6.07, 6.45) is 9.04. The molecule has 0 aliphatic carbocycles. The van der Waals surface area contributed by atoms with Crippen LogP contribution in [0.1, 0.15) is 31.4 Å². The molecular weight excluding hydrogens is 262 g/mol. The molecule has 2 aromatic rings. The number of anilines is 1. The second kappa shape index (κ2) is 5.30. The second-order valence-corrected chi connectivity index (χ2v) is 6.39. The lowest BCUT2D eigenvalue weighted by molar-refractivity contribution is 0.318. The highest BCUT2D eigenvalue weighted by atomic mass is 15.3. The summed E-state index contributed by atoms with van der Waals surface area (Å²) in [6.45, 7) is 5.47. The molecule has 2 fully saturated rings. The molecule has 2 aliphatic heterocycles. The van der Waals surface area contributed by atoms with E-state index in [1.807, 2.05) is 23.8 Å². The fraction of sp³-hybridized carbons (Fsp3) is 0.625. The van der Waals surface area contributed by atoms with Gasteiger partial charge in [-0.2, -0.15) is 5.10 Å². The van der Waals surface area contributed by atoms with Gasteiger partial charge in [0.1, 0.15) is 5.52 Å². The van der Waals surface area contributed by atoms with E-state index < -0.39 is 0 Å². The summed E-state index contributed by atoms with van der Waals surface area (Å²) in [6, 6.07) is 2.89. The Hall–Kier alpha value is -1.62. The number of piperidine rings is 1. The Balaban J connectivity index is 1.52. The molecule has 2 aromatic heterocycles. The topological polar surface area (TPSA) is 45.5 Å². The summed E-state index contributed by atoms with van der Waals surface area (Å²) in [4.78, 5) is 7.05. The summed E-state index contributed by atoms with van der Waals surface area (Å²) in [5.74, 6) is 1.94. The van der Waals surface area contributed by atoms with Gasteiger partial charge >= 0.3 is 0 Å². The zero-order valence-corrected chi connectivity index (χ0v) is 12.6. The second-order valence-electron chi connectivity index (χ2n) is 6.39. The van der Waals surface area contributed by atoms with E-state index in [2.05, 4.69) is 26.4 Å². The van der Waals surface area contributed by atoms with Crippen LogP contribution in [0.15, 0.2) is 18.5 Å². The Labute approximate surface area is 125 Å². The molecule has 0 aromatic carbocycles. The van der Waals surface area contributed by atoms with Gasteiger partial charge in [0.05, 0.1) is 5.69 Å². The molecule has 112 valence electrons. The van der Waals surface area contributed by atoms with Gasteiger partial charge in [-0.1, -0.05) is 0 Å². The van der Waals surface area contributed by atoms with E-state index in [1.165, 1.54) is 32.2 Å². The smallest absolute Gasteiger partial charge is 0.154 e. The number of aromatic nitrogens is 3. The van der Waals surface area contributed by atoms with E-state index in [4.69, 9.17) is 0 Å². The van der Waals surface area contributed by atoms with Crippen molar-refractivity contribution in [1.82, 2.24) is 19.9 Å². The highest BCUT2D eigenvalue weighted by Gasteiger charge is 2.29. The van der Waals surface area contributed by atoms with E-state index in [1.54, 1.807) is 0 Å². The van der Waals surface area contributed by atoms with E-state index in [0.717, 1.165) is 42.1 Å². The van der Waals surface area contributed by atoms with Crippen LogP contribution in [0.2, 0.25) is 0 Å². The van der Waals surface area contributed by atoms with Crippen LogP contribution in [0.25, 0.3) is 5.52 Å². The van der Waals surface area contributed by atoms with E-state index in [-0.39, 0.29) is 0 Å². The summed E-state index contributed by atoms with van der Waals surface area (Å²) in [5.41, 5.74) is 2.18. The van der Waals surface area contributed by atoms with Gasteiger partial charge in [-0.25, -0.2) is 9.50 Å². The maximum Gasteiger partial charge on any atom is 0.154 e. The van der Waals surface area contributed by atoms with Crippen molar-refractivity contribution in [2.24, 2.45) is 5.92 Å². The number of nitrogens with zero attached hydrogens (tertiary/aromatic N) is 4. The summed E-state index contributed by atoms with van der Waals surface area (Å²) >= 11 is 0. The Morgan fingerprint density at radius 3 is 2.86 bits per heavy atom. The third kappa shape index (κ3) is 2.39. The normalized spacial score (nSPS) is 24.0. The molecule has 1 unspecified atom stereocenters. The average molecular weight is 285 g/mol. The summed E-state index contributed by atoms with van der Waals surface area (Å²) in [5, 5.41) is 8.15. The highest BCUT2D eigenvalue weighted by Crippen LogP contribution is 2.29. The van der Waals surface area contributed by atoms with Crippen LogP contribution < -0.4 is 10.2 Å². The van der Waals surface area contributed by atoms with Crippen LogP contribution in [0.4, 0.5) is 5.82 Å². The minimum absolute atomic E-state index is 0.758. The summed E-state index contributed by atoms with van der Waals surface area (Å²) in [7, 11) is 0. The van der Waals surface area contributed by atoms with Crippen LogP contribution in [0, 0.1) is 12.8 Å². The van der Waals surface area contributed by atoms with E-state index in [9.17, 15) is 0 Å². The first kappa shape index (κ1) is 13.1. The minimum Gasteiger partial charge on any atom is -0.355 e. The lowest BCUT2D eigenvalue weighted by Gasteiger charge is -2.35. The first-order chi connectivity index (χ1) is 10.3. The van der Waals surface area contributed by atoms with Gasteiger partial charge in [0.15, 0.2) is 5.82 Å². The van der Waals surface area contributed by atoms with Crippen molar-refractivity contribution >= 4 is 11.3 Å². The number of rotatable bonds is 2. The maximum atomic E-state index is 4.62. The summed E-state index contributed by atoms with van der Waals surface area (Å²) < 4.78 is 1.95. The van der Waals surface area contributed by atoms with Crippen molar-refractivity contribution in [2.45, 2.75) is 38.6 Å². The number of nitrogens with one attached hydrogen (secondary N) is 1. The Bertz CT molecular complexity index is 621. The van der Waals surface area contributed by atoms with E-state index >= 15 is 0 Å². The Kier molecular flexibility index (Phi) is 3.30. The molecule has 0 saturated carbocycles. The van der Waals surface area contributed by atoms with Crippen LogP contribution in [0.3, 0.4) is 0 Å². The number of aryl methyl sites for hydroxylation is 1. The molecule has 0 spiro atoms. The van der Waals surface area contributed by atoms with Crippen molar-refractivity contribution in [2.75, 3.05) is 24.5 Å². The standard InChI is InChI=1S/C16H23N5/c1-12-11-15-16(18-7-10-21(15)19-12)20-8-4-13(5-9-20)14-3-2-6-17-14/h7,10-11,13-14,17H,2-6,8-9H2,1H3. The van der Waals surface area contributed by atoms with Gasteiger partial charge < -0.3 is 10.2 Å². The molecule has 2 aliphatic rings. The van der Waals surface area contributed by atoms with Crippen molar-refractivity contribution in [3.8, 4) is 0 Å². The minimum atomic E-state index is 0.758. The molecule has 0 radical (unpaired) electrons. The van der Waals surface area contributed by atoms with Gasteiger partial charge in [0.2, 0.25) is 0 Å². The third-order valence-corrected chi connectivity index (χ3v) is 5.00. The molecule has 1 N–H and O–H groups in total. The number of fused-ring (bicyclic) bond motifs is 1. The van der Waals surface area contributed by atoms with Gasteiger partial charge in [-0.3, -0.25) is 0 Å².